The first kappa shape index (κ1) is 14.0. The molecule has 0 aliphatic carbocycles. The highest BCUT2D eigenvalue weighted by atomic mass is 127. The summed E-state index contributed by atoms with van der Waals surface area (Å²) in [7, 11) is 1.92. The van der Waals surface area contributed by atoms with Gasteiger partial charge in [0.05, 0.1) is 19.3 Å². The molecule has 0 aromatic heterocycles. The van der Waals surface area contributed by atoms with Crippen molar-refractivity contribution < 1.29 is 9.13 Å². The van der Waals surface area contributed by atoms with E-state index >= 15 is 0 Å². The number of ether oxygens (including phenoxy) is 1. The van der Waals surface area contributed by atoms with Gasteiger partial charge in [0.15, 0.2) is 0 Å². The minimum atomic E-state index is -0.199. The van der Waals surface area contributed by atoms with E-state index in [2.05, 4.69) is 46.1 Å². The Bertz CT molecular complexity index is 644. The van der Waals surface area contributed by atoms with Crippen molar-refractivity contribution in [2.24, 2.45) is 0 Å². The zero-order valence-electron chi connectivity index (χ0n) is 11.1. The zero-order valence-corrected chi connectivity index (χ0v) is 13.3. The summed E-state index contributed by atoms with van der Waals surface area (Å²) in [5, 5.41) is 3.32. The number of fused-ring (bicyclic) bond motifs is 1. The highest BCUT2D eigenvalue weighted by molar-refractivity contribution is 14.1. The highest BCUT2D eigenvalue weighted by Gasteiger charge is 2.18. The van der Waals surface area contributed by atoms with Crippen LogP contribution in [-0.2, 0) is 18.0 Å². The number of rotatable bonds is 3. The first-order valence-electron chi connectivity index (χ1n) is 6.50. The summed E-state index contributed by atoms with van der Waals surface area (Å²) >= 11 is 2.18. The Morgan fingerprint density at radius 2 is 1.95 bits per heavy atom. The third-order valence-electron chi connectivity index (χ3n) is 3.64. The summed E-state index contributed by atoms with van der Waals surface area (Å²) < 4.78 is 19.6. The third kappa shape index (κ3) is 2.60. The van der Waals surface area contributed by atoms with Gasteiger partial charge in [-0.2, -0.15) is 0 Å². The lowest BCUT2D eigenvalue weighted by molar-refractivity contribution is 0.134. The molecular weight excluding hydrogens is 368 g/mol. The quantitative estimate of drug-likeness (QED) is 0.815. The van der Waals surface area contributed by atoms with Crippen LogP contribution in [0.1, 0.15) is 28.3 Å². The molecule has 0 bridgehead atoms. The van der Waals surface area contributed by atoms with Gasteiger partial charge in [0, 0.05) is 3.57 Å². The van der Waals surface area contributed by atoms with Gasteiger partial charge in [0.2, 0.25) is 0 Å². The molecule has 0 saturated carbocycles. The second-order valence-corrected chi connectivity index (χ2v) is 6.07. The van der Waals surface area contributed by atoms with Crippen molar-refractivity contribution in [3.63, 3.8) is 0 Å². The summed E-state index contributed by atoms with van der Waals surface area (Å²) in [6.07, 6.45) is 0. The Hall–Kier alpha value is -0.980. The van der Waals surface area contributed by atoms with E-state index in [1.54, 1.807) is 6.07 Å². The number of benzene rings is 2. The Morgan fingerprint density at radius 3 is 2.70 bits per heavy atom. The summed E-state index contributed by atoms with van der Waals surface area (Å²) in [6.45, 7) is 1.38. The smallest absolute Gasteiger partial charge is 0.124 e. The van der Waals surface area contributed by atoms with Crippen molar-refractivity contribution in [2.45, 2.75) is 19.3 Å². The van der Waals surface area contributed by atoms with Crippen LogP contribution >= 0.6 is 22.6 Å². The summed E-state index contributed by atoms with van der Waals surface area (Å²) in [5.41, 5.74) is 4.78. The van der Waals surface area contributed by atoms with E-state index in [1.807, 2.05) is 13.1 Å². The van der Waals surface area contributed by atoms with Crippen LogP contribution < -0.4 is 5.32 Å². The van der Waals surface area contributed by atoms with Crippen molar-refractivity contribution in [1.82, 2.24) is 5.32 Å². The molecule has 2 nitrogen and oxygen atoms in total. The lowest BCUT2D eigenvalue weighted by atomic mass is 9.96. The van der Waals surface area contributed by atoms with Crippen molar-refractivity contribution in [1.29, 1.82) is 0 Å². The topological polar surface area (TPSA) is 21.3 Å². The lowest BCUT2D eigenvalue weighted by Gasteiger charge is -2.19. The summed E-state index contributed by atoms with van der Waals surface area (Å²) in [5.74, 6) is -0.199. The van der Waals surface area contributed by atoms with Crippen molar-refractivity contribution in [3.05, 3.63) is 68.0 Å². The minimum Gasteiger partial charge on any atom is -0.372 e. The maximum atomic E-state index is 13.3. The standard InChI is InChI=1S/C16H15FINO/c1-19-16(14-5-4-13(17)7-15(14)18)10-2-3-11-8-20-9-12(11)6-10/h2-7,16,19H,8-9H2,1H3. The summed E-state index contributed by atoms with van der Waals surface area (Å²) in [4.78, 5) is 0. The Labute approximate surface area is 131 Å². The minimum absolute atomic E-state index is 0.0633. The van der Waals surface area contributed by atoms with E-state index in [0.717, 1.165) is 9.13 Å². The van der Waals surface area contributed by atoms with E-state index in [9.17, 15) is 4.39 Å². The molecule has 1 unspecified atom stereocenters. The van der Waals surface area contributed by atoms with Crippen LogP contribution in [0.15, 0.2) is 36.4 Å². The van der Waals surface area contributed by atoms with Gasteiger partial charge in [-0.15, -0.1) is 0 Å². The molecule has 3 rings (SSSR count). The van der Waals surface area contributed by atoms with Crippen molar-refractivity contribution >= 4 is 22.6 Å². The number of nitrogens with one attached hydrogen (secondary N) is 1. The average Bonchev–Trinajstić information content (AvgIpc) is 2.89. The van der Waals surface area contributed by atoms with Crippen LogP contribution in [0.2, 0.25) is 0 Å². The maximum absolute atomic E-state index is 13.3. The molecule has 1 atom stereocenters. The number of hydrogen-bond acceptors (Lipinski definition) is 2. The fraction of sp³-hybridized carbons (Fsp3) is 0.250. The molecule has 0 radical (unpaired) electrons. The van der Waals surface area contributed by atoms with Gasteiger partial charge in [0.1, 0.15) is 5.82 Å². The molecule has 0 saturated heterocycles. The average molecular weight is 383 g/mol. The number of halogens is 2. The lowest BCUT2D eigenvalue weighted by Crippen LogP contribution is -2.19. The molecule has 0 fully saturated rings. The second-order valence-electron chi connectivity index (χ2n) is 4.91. The Balaban J connectivity index is 2.01. The van der Waals surface area contributed by atoms with Gasteiger partial charge in [-0.05, 0) is 64.0 Å². The molecule has 0 amide bonds. The molecule has 0 spiro atoms. The van der Waals surface area contributed by atoms with Gasteiger partial charge in [0.25, 0.3) is 0 Å². The van der Waals surface area contributed by atoms with Gasteiger partial charge in [-0.25, -0.2) is 4.39 Å². The number of hydrogen-bond donors (Lipinski definition) is 1. The predicted octanol–water partition coefficient (Wildman–Crippen LogP) is 3.77. The largest absolute Gasteiger partial charge is 0.372 e. The van der Waals surface area contributed by atoms with E-state index in [4.69, 9.17) is 4.74 Å². The van der Waals surface area contributed by atoms with Gasteiger partial charge < -0.3 is 10.1 Å². The van der Waals surface area contributed by atoms with Crippen LogP contribution in [-0.4, -0.2) is 7.05 Å². The SMILES string of the molecule is CNC(c1ccc2c(c1)COC2)c1ccc(F)cc1I. The second kappa shape index (κ2) is 5.79. The van der Waals surface area contributed by atoms with E-state index in [0.29, 0.717) is 13.2 Å². The van der Waals surface area contributed by atoms with E-state index < -0.39 is 0 Å². The van der Waals surface area contributed by atoms with Crippen LogP contribution in [0.4, 0.5) is 4.39 Å². The van der Waals surface area contributed by atoms with Gasteiger partial charge in [-0.3, -0.25) is 0 Å². The fourth-order valence-corrected chi connectivity index (χ4v) is 3.40. The Morgan fingerprint density at radius 1 is 1.15 bits per heavy atom. The molecule has 1 aliphatic heterocycles. The predicted molar refractivity (Wildman–Crippen MR) is 85.0 cm³/mol. The normalized spacial score (nSPS) is 15.2. The summed E-state index contributed by atoms with van der Waals surface area (Å²) in [6, 6.07) is 11.4. The van der Waals surface area contributed by atoms with Gasteiger partial charge in [-0.1, -0.05) is 24.3 Å². The van der Waals surface area contributed by atoms with Crippen LogP contribution in [0, 0.1) is 9.39 Å². The van der Waals surface area contributed by atoms with E-state index in [1.165, 1.54) is 22.8 Å². The first-order chi connectivity index (χ1) is 9.69. The monoisotopic (exact) mass is 383 g/mol. The maximum Gasteiger partial charge on any atom is 0.124 e. The molecule has 2 aromatic carbocycles. The molecule has 4 heteroatoms. The molecular formula is C16H15FINO. The molecule has 1 N–H and O–H groups in total. The zero-order chi connectivity index (χ0) is 14.1. The van der Waals surface area contributed by atoms with Crippen LogP contribution in [0.25, 0.3) is 0 Å². The molecule has 1 heterocycles. The van der Waals surface area contributed by atoms with Gasteiger partial charge >= 0.3 is 0 Å². The molecule has 104 valence electrons. The van der Waals surface area contributed by atoms with Crippen LogP contribution in [0.3, 0.4) is 0 Å². The van der Waals surface area contributed by atoms with E-state index in [-0.39, 0.29) is 11.9 Å². The third-order valence-corrected chi connectivity index (χ3v) is 4.58. The molecule has 20 heavy (non-hydrogen) atoms. The molecule has 2 aromatic rings. The van der Waals surface area contributed by atoms with Crippen LogP contribution in [0.5, 0.6) is 0 Å². The molecule has 1 aliphatic rings. The first-order valence-corrected chi connectivity index (χ1v) is 7.58. The highest BCUT2D eigenvalue weighted by Crippen LogP contribution is 2.30. The van der Waals surface area contributed by atoms with Crippen molar-refractivity contribution in [2.75, 3.05) is 7.05 Å². The Kier molecular flexibility index (Phi) is 4.05. The fourth-order valence-electron chi connectivity index (χ4n) is 2.61. The van der Waals surface area contributed by atoms with Crippen molar-refractivity contribution in [3.8, 4) is 0 Å².